The predicted molar refractivity (Wildman–Crippen MR) is 79.9 cm³/mol. The van der Waals surface area contributed by atoms with E-state index in [1.54, 1.807) is 0 Å². The molecule has 0 atom stereocenters. The van der Waals surface area contributed by atoms with Gasteiger partial charge in [0.15, 0.2) is 11.6 Å². The van der Waals surface area contributed by atoms with E-state index in [1.807, 2.05) is 23.9 Å². The van der Waals surface area contributed by atoms with Gasteiger partial charge in [-0.25, -0.2) is 14.4 Å². The van der Waals surface area contributed by atoms with Crippen molar-refractivity contribution in [1.29, 1.82) is 0 Å². The summed E-state index contributed by atoms with van der Waals surface area (Å²) in [6.07, 6.45) is 1.84. The van der Waals surface area contributed by atoms with Crippen molar-refractivity contribution in [2.45, 2.75) is 0 Å². The van der Waals surface area contributed by atoms with Crippen LogP contribution in [0.25, 0.3) is 22.3 Å². The number of nitrogen functional groups attached to an aromatic ring is 1. The Morgan fingerprint density at radius 1 is 1.33 bits per heavy atom. The average Bonchev–Trinajstić information content (AvgIpc) is 2.79. The van der Waals surface area contributed by atoms with Gasteiger partial charge in [0.25, 0.3) is 0 Å². The van der Waals surface area contributed by atoms with Crippen LogP contribution < -0.4 is 10.5 Å². The minimum Gasteiger partial charge on any atom is -0.494 e. The number of ether oxygens (including phenoxy) is 1. The molecule has 0 amide bonds. The molecule has 0 unspecified atom stereocenters. The molecular weight excluding hydrogens is 295 g/mol. The number of hydrogen-bond acceptors (Lipinski definition) is 4. The van der Waals surface area contributed by atoms with Crippen LogP contribution in [0.15, 0.2) is 24.4 Å². The monoisotopic (exact) mass is 306 g/mol. The number of hydrogen-bond donors (Lipinski definition) is 1. The molecule has 21 heavy (non-hydrogen) atoms. The minimum absolute atomic E-state index is 0.0916. The van der Waals surface area contributed by atoms with Crippen molar-refractivity contribution in [2.24, 2.45) is 7.05 Å². The molecule has 0 spiro atoms. The van der Waals surface area contributed by atoms with E-state index in [1.165, 1.54) is 19.2 Å². The number of benzene rings is 1. The van der Waals surface area contributed by atoms with Crippen LogP contribution in [0.1, 0.15) is 0 Å². The zero-order chi connectivity index (χ0) is 15.1. The molecule has 0 radical (unpaired) electrons. The molecule has 0 saturated carbocycles. The van der Waals surface area contributed by atoms with Crippen molar-refractivity contribution >= 4 is 28.6 Å². The van der Waals surface area contributed by atoms with Crippen LogP contribution in [-0.4, -0.2) is 21.6 Å². The molecule has 2 N–H and O–H groups in total. The Balaban J connectivity index is 2.37. The van der Waals surface area contributed by atoms with Gasteiger partial charge in [-0.15, -0.1) is 0 Å². The minimum atomic E-state index is -0.531. The Morgan fingerprint density at radius 3 is 2.81 bits per heavy atom. The molecule has 3 rings (SSSR count). The highest BCUT2D eigenvalue weighted by Crippen LogP contribution is 2.36. The Hall–Kier alpha value is -2.34. The highest BCUT2D eigenvalue weighted by atomic mass is 35.5. The van der Waals surface area contributed by atoms with Crippen molar-refractivity contribution in [2.75, 3.05) is 12.8 Å². The summed E-state index contributed by atoms with van der Waals surface area (Å²) in [6.45, 7) is 0. The number of anilines is 1. The fourth-order valence-corrected chi connectivity index (χ4v) is 2.51. The Morgan fingerprint density at radius 2 is 2.10 bits per heavy atom. The maximum Gasteiger partial charge on any atom is 0.221 e. The van der Waals surface area contributed by atoms with E-state index >= 15 is 0 Å². The Bertz CT molecular complexity index is 847. The van der Waals surface area contributed by atoms with Gasteiger partial charge in [0, 0.05) is 18.8 Å². The van der Waals surface area contributed by atoms with Gasteiger partial charge < -0.3 is 15.0 Å². The van der Waals surface area contributed by atoms with E-state index in [-0.39, 0.29) is 16.7 Å². The maximum absolute atomic E-state index is 13.7. The number of nitrogens with zero attached hydrogens (tertiary/aromatic N) is 3. The summed E-state index contributed by atoms with van der Waals surface area (Å²) in [5.41, 5.74) is 8.27. The summed E-state index contributed by atoms with van der Waals surface area (Å²) in [7, 11) is 3.25. The number of halogens is 2. The standard InChI is InChI=1S/C14H12ClFN4O/c1-20-4-3-10-13(20)12(19-14(17)18-10)7-5-11(21-2)9(16)6-8(7)15/h3-6H,1-2H3,(H2,17,18,19). The Labute approximate surface area is 125 Å². The van der Waals surface area contributed by atoms with Crippen LogP contribution in [0.5, 0.6) is 5.75 Å². The van der Waals surface area contributed by atoms with Gasteiger partial charge in [0.1, 0.15) is 5.69 Å². The molecule has 2 heterocycles. The lowest BCUT2D eigenvalue weighted by Crippen LogP contribution is -2.00. The van der Waals surface area contributed by atoms with Gasteiger partial charge in [0.2, 0.25) is 5.95 Å². The van der Waals surface area contributed by atoms with Gasteiger partial charge in [-0.2, -0.15) is 0 Å². The number of aryl methyl sites for hydroxylation is 1. The molecule has 108 valence electrons. The first-order valence-electron chi connectivity index (χ1n) is 6.13. The molecule has 1 aromatic carbocycles. The lowest BCUT2D eigenvalue weighted by atomic mass is 10.1. The molecule has 0 aliphatic heterocycles. The summed E-state index contributed by atoms with van der Waals surface area (Å²) in [5.74, 6) is -0.312. The number of aromatic nitrogens is 3. The third kappa shape index (κ3) is 2.17. The number of nitrogens with two attached hydrogens (primary N) is 1. The molecular formula is C14H12ClFN4O. The fourth-order valence-electron chi connectivity index (χ4n) is 2.27. The molecule has 0 fully saturated rings. The van der Waals surface area contributed by atoms with Gasteiger partial charge >= 0.3 is 0 Å². The van der Waals surface area contributed by atoms with Crippen LogP contribution in [0.4, 0.5) is 10.3 Å². The average molecular weight is 307 g/mol. The van der Waals surface area contributed by atoms with Crippen molar-refractivity contribution in [3.63, 3.8) is 0 Å². The van der Waals surface area contributed by atoms with E-state index < -0.39 is 5.82 Å². The second-order valence-corrected chi connectivity index (χ2v) is 4.96. The van der Waals surface area contributed by atoms with Crippen LogP contribution in [0.2, 0.25) is 5.02 Å². The smallest absolute Gasteiger partial charge is 0.221 e. The second-order valence-electron chi connectivity index (χ2n) is 4.56. The topological polar surface area (TPSA) is 66.0 Å². The van der Waals surface area contributed by atoms with Crippen LogP contribution >= 0.6 is 11.6 Å². The molecule has 3 aromatic rings. The lowest BCUT2D eigenvalue weighted by Gasteiger charge is -2.10. The van der Waals surface area contributed by atoms with Crippen LogP contribution in [0, 0.1) is 5.82 Å². The van der Waals surface area contributed by atoms with Gasteiger partial charge in [-0.05, 0) is 18.2 Å². The molecule has 0 saturated heterocycles. The zero-order valence-corrected chi connectivity index (χ0v) is 12.1. The number of fused-ring (bicyclic) bond motifs is 1. The quantitative estimate of drug-likeness (QED) is 0.790. The summed E-state index contributed by atoms with van der Waals surface area (Å²) in [6, 6.07) is 4.53. The van der Waals surface area contributed by atoms with Crippen molar-refractivity contribution in [3.05, 3.63) is 35.2 Å². The van der Waals surface area contributed by atoms with Crippen LogP contribution in [-0.2, 0) is 7.05 Å². The molecule has 5 nitrogen and oxygen atoms in total. The first kappa shape index (κ1) is 13.6. The van der Waals surface area contributed by atoms with E-state index in [0.29, 0.717) is 16.8 Å². The normalized spacial score (nSPS) is 11.0. The second kappa shape index (κ2) is 4.89. The maximum atomic E-state index is 13.7. The highest BCUT2D eigenvalue weighted by Gasteiger charge is 2.17. The summed E-state index contributed by atoms with van der Waals surface area (Å²) in [4.78, 5) is 8.42. The first-order chi connectivity index (χ1) is 10.0. The zero-order valence-electron chi connectivity index (χ0n) is 11.4. The van der Waals surface area contributed by atoms with Crippen molar-refractivity contribution in [3.8, 4) is 17.0 Å². The summed E-state index contributed by atoms with van der Waals surface area (Å²) in [5, 5.41) is 0.230. The molecule has 2 aromatic heterocycles. The van der Waals surface area contributed by atoms with Gasteiger partial charge in [0.05, 0.1) is 23.2 Å². The highest BCUT2D eigenvalue weighted by molar-refractivity contribution is 6.33. The van der Waals surface area contributed by atoms with E-state index in [9.17, 15) is 4.39 Å². The van der Waals surface area contributed by atoms with E-state index in [2.05, 4.69) is 9.97 Å². The third-order valence-electron chi connectivity index (χ3n) is 3.23. The Kier molecular flexibility index (Phi) is 3.17. The third-order valence-corrected chi connectivity index (χ3v) is 3.55. The van der Waals surface area contributed by atoms with Crippen molar-refractivity contribution < 1.29 is 9.13 Å². The van der Waals surface area contributed by atoms with E-state index in [0.717, 1.165) is 5.52 Å². The fraction of sp³-hybridized carbons (Fsp3) is 0.143. The number of methoxy groups -OCH3 is 1. The predicted octanol–water partition coefficient (Wildman–Crippen LogP) is 3.02. The first-order valence-corrected chi connectivity index (χ1v) is 6.51. The van der Waals surface area contributed by atoms with Gasteiger partial charge in [-0.1, -0.05) is 11.6 Å². The SMILES string of the molecule is COc1cc(-c2nc(N)nc3ccn(C)c23)c(Cl)cc1F. The molecule has 0 bridgehead atoms. The lowest BCUT2D eigenvalue weighted by molar-refractivity contribution is 0.387. The molecule has 7 heteroatoms. The summed E-state index contributed by atoms with van der Waals surface area (Å²) < 4.78 is 20.5. The van der Waals surface area contributed by atoms with Crippen molar-refractivity contribution in [1.82, 2.24) is 14.5 Å². The van der Waals surface area contributed by atoms with Crippen LogP contribution in [0.3, 0.4) is 0 Å². The summed E-state index contributed by atoms with van der Waals surface area (Å²) >= 11 is 6.16. The molecule has 0 aliphatic rings. The number of rotatable bonds is 2. The van der Waals surface area contributed by atoms with E-state index in [4.69, 9.17) is 22.1 Å². The largest absolute Gasteiger partial charge is 0.494 e. The van der Waals surface area contributed by atoms with Gasteiger partial charge in [-0.3, -0.25) is 0 Å². The molecule has 0 aliphatic carbocycles.